The first kappa shape index (κ1) is 18.9. The lowest BCUT2D eigenvalue weighted by atomic mass is 9.80. The fraction of sp³-hybridized carbons (Fsp3) is 0.550. The SMILES string of the molecule is CCO[C@H]1OC(C(=O)NC2CC2)=C[C@@H](c2ccc(F)cc2)[C@@H]1CCCO. The third-order valence-corrected chi connectivity index (χ3v) is 4.80. The molecule has 0 saturated heterocycles. The van der Waals surface area contributed by atoms with E-state index in [9.17, 15) is 14.3 Å². The molecule has 1 aliphatic heterocycles. The highest BCUT2D eigenvalue weighted by atomic mass is 19.1. The van der Waals surface area contributed by atoms with E-state index in [1.165, 1.54) is 12.1 Å². The number of amides is 1. The number of rotatable bonds is 8. The molecule has 1 aromatic rings. The number of carbonyl (C=O) groups is 1. The van der Waals surface area contributed by atoms with Crippen LogP contribution in [0.3, 0.4) is 0 Å². The van der Waals surface area contributed by atoms with Gasteiger partial charge in [-0.3, -0.25) is 4.79 Å². The van der Waals surface area contributed by atoms with Crippen LogP contribution in [0.25, 0.3) is 0 Å². The fourth-order valence-corrected chi connectivity index (χ4v) is 3.31. The summed E-state index contributed by atoms with van der Waals surface area (Å²) in [7, 11) is 0. The third-order valence-electron chi connectivity index (χ3n) is 4.80. The standard InChI is InChI=1S/C20H26FNO4/c1-2-25-20-16(4-3-11-23)17(13-5-7-14(21)8-6-13)12-18(26-20)19(24)22-15-9-10-15/h5-8,12,15-17,20,23H,2-4,9-11H2,1H3,(H,22,24)/t16-,17-,20-/m0/s1. The van der Waals surface area contributed by atoms with E-state index in [4.69, 9.17) is 9.47 Å². The van der Waals surface area contributed by atoms with E-state index in [2.05, 4.69) is 5.32 Å². The summed E-state index contributed by atoms with van der Waals surface area (Å²) >= 11 is 0. The molecule has 1 fully saturated rings. The maximum atomic E-state index is 13.3. The molecule has 1 aromatic carbocycles. The van der Waals surface area contributed by atoms with Gasteiger partial charge in [0.05, 0.1) is 0 Å². The second kappa shape index (κ2) is 8.64. The van der Waals surface area contributed by atoms with Gasteiger partial charge in [0, 0.05) is 31.1 Å². The monoisotopic (exact) mass is 363 g/mol. The lowest BCUT2D eigenvalue weighted by Crippen LogP contribution is -2.39. The van der Waals surface area contributed by atoms with E-state index in [1.807, 2.05) is 13.0 Å². The van der Waals surface area contributed by atoms with Crippen molar-refractivity contribution in [1.29, 1.82) is 0 Å². The van der Waals surface area contributed by atoms with Gasteiger partial charge >= 0.3 is 0 Å². The number of aliphatic hydroxyl groups excluding tert-OH is 1. The topological polar surface area (TPSA) is 67.8 Å². The van der Waals surface area contributed by atoms with Crippen molar-refractivity contribution in [1.82, 2.24) is 5.32 Å². The molecule has 3 atom stereocenters. The van der Waals surface area contributed by atoms with Gasteiger partial charge in [-0.2, -0.15) is 0 Å². The summed E-state index contributed by atoms with van der Waals surface area (Å²) in [5.74, 6) is -0.489. The molecule has 1 amide bonds. The maximum absolute atomic E-state index is 13.3. The number of nitrogens with one attached hydrogen (secondary N) is 1. The summed E-state index contributed by atoms with van der Waals surface area (Å²) < 4.78 is 25.0. The largest absolute Gasteiger partial charge is 0.459 e. The van der Waals surface area contributed by atoms with E-state index in [1.54, 1.807) is 12.1 Å². The van der Waals surface area contributed by atoms with Gasteiger partial charge in [-0.1, -0.05) is 12.1 Å². The molecule has 5 nitrogen and oxygen atoms in total. The van der Waals surface area contributed by atoms with Gasteiger partial charge in [-0.05, 0) is 56.4 Å². The summed E-state index contributed by atoms with van der Waals surface area (Å²) in [5, 5.41) is 12.2. The molecule has 0 radical (unpaired) electrons. The highest BCUT2D eigenvalue weighted by molar-refractivity contribution is 5.92. The summed E-state index contributed by atoms with van der Waals surface area (Å²) in [5.41, 5.74) is 0.902. The first-order valence-corrected chi connectivity index (χ1v) is 9.29. The van der Waals surface area contributed by atoms with Crippen LogP contribution in [0.15, 0.2) is 36.1 Å². The van der Waals surface area contributed by atoms with Gasteiger partial charge in [0.1, 0.15) is 5.82 Å². The maximum Gasteiger partial charge on any atom is 0.286 e. The van der Waals surface area contributed by atoms with Crippen molar-refractivity contribution >= 4 is 5.91 Å². The molecular formula is C20H26FNO4. The average Bonchev–Trinajstić information content (AvgIpc) is 3.45. The minimum atomic E-state index is -0.577. The van der Waals surface area contributed by atoms with E-state index >= 15 is 0 Å². The molecule has 3 rings (SSSR count). The Morgan fingerprint density at radius 2 is 2.08 bits per heavy atom. The Bertz CT molecular complexity index is 642. The Morgan fingerprint density at radius 3 is 2.69 bits per heavy atom. The average molecular weight is 363 g/mol. The molecule has 1 heterocycles. The second-order valence-corrected chi connectivity index (χ2v) is 6.83. The summed E-state index contributed by atoms with van der Waals surface area (Å²) in [6.45, 7) is 2.40. The Morgan fingerprint density at radius 1 is 1.35 bits per heavy atom. The van der Waals surface area contributed by atoms with Gasteiger partial charge < -0.3 is 19.9 Å². The van der Waals surface area contributed by atoms with E-state index in [-0.39, 0.29) is 42.0 Å². The van der Waals surface area contributed by atoms with Crippen LogP contribution >= 0.6 is 0 Å². The molecule has 1 saturated carbocycles. The van der Waals surface area contributed by atoms with Crippen molar-refractivity contribution in [2.24, 2.45) is 5.92 Å². The Hall–Kier alpha value is -1.92. The van der Waals surface area contributed by atoms with Gasteiger partial charge in [0.15, 0.2) is 5.76 Å². The number of hydrogen-bond acceptors (Lipinski definition) is 4. The van der Waals surface area contributed by atoms with Crippen LogP contribution in [0, 0.1) is 11.7 Å². The molecular weight excluding hydrogens is 337 g/mol. The lowest BCUT2D eigenvalue weighted by Gasteiger charge is -2.37. The van der Waals surface area contributed by atoms with Crippen LogP contribution in [-0.2, 0) is 14.3 Å². The first-order valence-electron chi connectivity index (χ1n) is 9.29. The Kier molecular flexibility index (Phi) is 6.27. The molecule has 142 valence electrons. The zero-order valence-corrected chi connectivity index (χ0v) is 15.0. The molecule has 1 aliphatic carbocycles. The lowest BCUT2D eigenvalue weighted by molar-refractivity contribution is -0.166. The Labute approximate surface area is 153 Å². The smallest absolute Gasteiger partial charge is 0.286 e. The van der Waals surface area contributed by atoms with Gasteiger partial charge in [-0.25, -0.2) is 4.39 Å². The number of halogens is 1. The summed E-state index contributed by atoms with van der Waals surface area (Å²) in [6, 6.07) is 6.53. The van der Waals surface area contributed by atoms with E-state index < -0.39 is 6.29 Å². The second-order valence-electron chi connectivity index (χ2n) is 6.83. The number of hydrogen-bond donors (Lipinski definition) is 2. The quantitative estimate of drug-likeness (QED) is 0.745. The Balaban J connectivity index is 1.90. The summed E-state index contributed by atoms with van der Waals surface area (Å²) in [4.78, 5) is 12.5. The zero-order chi connectivity index (χ0) is 18.5. The van der Waals surface area contributed by atoms with Gasteiger partial charge in [0.2, 0.25) is 6.29 Å². The van der Waals surface area contributed by atoms with Crippen molar-refractivity contribution in [2.45, 2.75) is 50.9 Å². The fourth-order valence-electron chi connectivity index (χ4n) is 3.31. The van der Waals surface area contributed by atoms with Crippen LogP contribution < -0.4 is 5.32 Å². The van der Waals surface area contributed by atoms with E-state index in [0.29, 0.717) is 19.4 Å². The number of benzene rings is 1. The van der Waals surface area contributed by atoms with Crippen LogP contribution in [-0.4, -0.2) is 36.6 Å². The molecule has 2 N–H and O–H groups in total. The minimum Gasteiger partial charge on any atom is -0.459 e. The molecule has 0 aromatic heterocycles. The normalized spacial score (nSPS) is 25.3. The zero-order valence-electron chi connectivity index (χ0n) is 15.0. The van der Waals surface area contributed by atoms with Crippen LogP contribution in [0.4, 0.5) is 4.39 Å². The first-order chi connectivity index (χ1) is 12.6. The molecule has 0 spiro atoms. The van der Waals surface area contributed by atoms with Gasteiger partial charge in [-0.15, -0.1) is 0 Å². The van der Waals surface area contributed by atoms with Gasteiger partial charge in [0.25, 0.3) is 5.91 Å². The molecule has 2 aliphatic rings. The van der Waals surface area contributed by atoms with Crippen molar-refractivity contribution in [2.75, 3.05) is 13.2 Å². The van der Waals surface area contributed by atoms with Crippen molar-refractivity contribution < 1.29 is 23.8 Å². The molecule has 0 bridgehead atoms. The van der Waals surface area contributed by atoms with Crippen molar-refractivity contribution in [3.8, 4) is 0 Å². The predicted octanol–water partition coefficient (Wildman–Crippen LogP) is 2.85. The number of ether oxygens (including phenoxy) is 2. The highest BCUT2D eigenvalue weighted by Gasteiger charge is 2.38. The van der Waals surface area contributed by atoms with Crippen LogP contribution in [0.2, 0.25) is 0 Å². The minimum absolute atomic E-state index is 0.0648. The van der Waals surface area contributed by atoms with Crippen molar-refractivity contribution in [3.05, 3.63) is 47.5 Å². The number of carbonyl (C=O) groups excluding carboxylic acids is 1. The van der Waals surface area contributed by atoms with E-state index in [0.717, 1.165) is 18.4 Å². The van der Waals surface area contributed by atoms with Crippen LogP contribution in [0.5, 0.6) is 0 Å². The third kappa shape index (κ3) is 4.62. The molecule has 0 unspecified atom stereocenters. The highest BCUT2D eigenvalue weighted by Crippen LogP contribution is 2.39. The molecule has 6 heteroatoms. The predicted molar refractivity (Wildman–Crippen MR) is 94.7 cm³/mol. The summed E-state index contributed by atoms with van der Waals surface area (Å²) in [6.07, 6.45) is 4.50. The van der Waals surface area contributed by atoms with Crippen molar-refractivity contribution in [3.63, 3.8) is 0 Å². The molecule has 26 heavy (non-hydrogen) atoms. The number of aliphatic hydroxyl groups is 1. The number of allylic oxidation sites excluding steroid dienone is 1. The van der Waals surface area contributed by atoms with Crippen LogP contribution in [0.1, 0.15) is 44.1 Å².